The number of nitrogens with zero attached hydrogens (tertiary/aromatic N) is 2. The van der Waals surface area contributed by atoms with Gasteiger partial charge in [0.2, 0.25) is 0 Å². The summed E-state index contributed by atoms with van der Waals surface area (Å²) in [4.78, 5) is 2.32. The van der Waals surface area contributed by atoms with Crippen molar-refractivity contribution in [2.24, 2.45) is 11.3 Å². The molecule has 0 bridgehead atoms. The molecule has 1 aromatic carbocycles. The highest BCUT2D eigenvalue weighted by Gasteiger charge is 2.32. The van der Waals surface area contributed by atoms with Gasteiger partial charge in [0.15, 0.2) is 0 Å². The average Bonchev–Trinajstić information content (AvgIpc) is 2.87. The summed E-state index contributed by atoms with van der Waals surface area (Å²) in [5, 5.41) is 19.0. The Morgan fingerprint density at radius 2 is 2.10 bits per heavy atom. The largest absolute Gasteiger partial charge is 0.389 e. The Morgan fingerprint density at radius 3 is 2.60 bits per heavy atom. The van der Waals surface area contributed by atoms with E-state index in [4.69, 9.17) is 5.26 Å². The van der Waals surface area contributed by atoms with Crippen LogP contribution in [0.25, 0.3) is 0 Å². The monoisotopic (exact) mass is 272 g/mol. The lowest BCUT2D eigenvalue weighted by molar-refractivity contribution is 0.199. The lowest BCUT2D eigenvalue weighted by Gasteiger charge is -2.28. The zero-order chi connectivity index (χ0) is 14.9. The molecule has 0 saturated carbocycles. The molecular weight excluding hydrogens is 248 g/mol. The number of anilines is 1. The minimum absolute atomic E-state index is 0.298. The molecule has 0 amide bonds. The molecule has 1 aromatic rings. The van der Waals surface area contributed by atoms with Crippen molar-refractivity contribution in [3.63, 3.8) is 0 Å². The van der Waals surface area contributed by atoms with E-state index in [0.717, 1.165) is 24.3 Å². The zero-order valence-corrected chi connectivity index (χ0v) is 12.8. The van der Waals surface area contributed by atoms with Crippen LogP contribution < -0.4 is 4.90 Å². The molecule has 3 nitrogen and oxygen atoms in total. The number of aliphatic hydroxyl groups excluding tert-OH is 1. The third-order valence-corrected chi connectivity index (χ3v) is 4.36. The number of rotatable bonds is 2. The quantitative estimate of drug-likeness (QED) is 0.896. The fourth-order valence-corrected chi connectivity index (χ4v) is 2.93. The maximum Gasteiger partial charge on any atom is 0.0992 e. The van der Waals surface area contributed by atoms with E-state index >= 15 is 0 Å². The highest BCUT2D eigenvalue weighted by molar-refractivity contribution is 5.59. The van der Waals surface area contributed by atoms with Crippen LogP contribution in [0.5, 0.6) is 0 Å². The first-order chi connectivity index (χ1) is 9.32. The Labute approximate surface area is 121 Å². The summed E-state index contributed by atoms with van der Waals surface area (Å²) in [6.07, 6.45) is 0.658. The SMILES string of the molecule is C[C@H](O)c1ccc(C#N)cc1N1CCC(C(C)(C)C)C1. The lowest BCUT2D eigenvalue weighted by Crippen LogP contribution is -2.26. The van der Waals surface area contributed by atoms with Gasteiger partial charge in [0.25, 0.3) is 0 Å². The molecule has 20 heavy (non-hydrogen) atoms. The molecular formula is C17H24N2O. The zero-order valence-electron chi connectivity index (χ0n) is 12.8. The minimum Gasteiger partial charge on any atom is -0.389 e. The van der Waals surface area contributed by atoms with Crippen molar-refractivity contribution in [3.8, 4) is 6.07 Å². The summed E-state index contributed by atoms with van der Waals surface area (Å²) in [5.74, 6) is 0.648. The van der Waals surface area contributed by atoms with Crippen molar-refractivity contribution < 1.29 is 5.11 Å². The molecule has 108 valence electrons. The Hall–Kier alpha value is -1.53. The van der Waals surface area contributed by atoms with Gasteiger partial charge in [0.1, 0.15) is 0 Å². The Morgan fingerprint density at radius 1 is 1.40 bits per heavy atom. The molecule has 0 aromatic heterocycles. The number of hydrogen-bond donors (Lipinski definition) is 1. The lowest BCUT2D eigenvalue weighted by atomic mass is 9.80. The fraction of sp³-hybridized carbons (Fsp3) is 0.588. The van der Waals surface area contributed by atoms with Crippen molar-refractivity contribution in [2.45, 2.75) is 40.2 Å². The summed E-state index contributed by atoms with van der Waals surface area (Å²) in [6.45, 7) is 10.6. The van der Waals surface area contributed by atoms with E-state index < -0.39 is 6.10 Å². The summed E-state index contributed by atoms with van der Waals surface area (Å²) in [5.41, 5.74) is 2.89. The van der Waals surface area contributed by atoms with E-state index in [1.54, 1.807) is 13.0 Å². The molecule has 1 aliphatic heterocycles. The molecule has 0 spiro atoms. The second-order valence-corrected chi connectivity index (χ2v) is 6.86. The van der Waals surface area contributed by atoms with Gasteiger partial charge >= 0.3 is 0 Å². The summed E-state index contributed by atoms with van der Waals surface area (Å²) >= 11 is 0. The molecule has 2 atom stereocenters. The highest BCUT2D eigenvalue weighted by Crippen LogP contribution is 2.38. The van der Waals surface area contributed by atoms with Gasteiger partial charge in [-0.05, 0) is 36.8 Å². The first-order valence-corrected chi connectivity index (χ1v) is 7.30. The second kappa shape index (κ2) is 5.46. The van der Waals surface area contributed by atoms with Crippen LogP contribution in [-0.2, 0) is 0 Å². The Kier molecular flexibility index (Phi) is 4.06. The van der Waals surface area contributed by atoms with Crippen molar-refractivity contribution in [2.75, 3.05) is 18.0 Å². The molecule has 1 N–H and O–H groups in total. The summed E-state index contributed by atoms with van der Waals surface area (Å²) < 4.78 is 0. The van der Waals surface area contributed by atoms with E-state index in [1.807, 2.05) is 12.1 Å². The molecule has 1 aliphatic rings. The number of benzene rings is 1. The molecule has 1 fully saturated rings. The van der Waals surface area contributed by atoms with Crippen molar-refractivity contribution in [1.82, 2.24) is 0 Å². The van der Waals surface area contributed by atoms with E-state index in [0.29, 0.717) is 16.9 Å². The first-order valence-electron chi connectivity index (χ1n) is 7.30. The van der Waals surface area contributed by atoms with Gasteiger partial charge in [0, 0.05) is 24.3 Å². The normalized spacial score (nSPS) is 20.8. The van der Waals surface area contributed by atoms with E-state index in [-0.39, 0.29) is 0 Å². The third kappa shape index (κ3) is 2.96. The van der Waals surface area contributed by atoms with Gasteiger partial charge in [-0.25, -0.2) is 0 Å². The maximum atomic E-state index is 9.94. The van der Waals surface area contributed by atoms with Gasteiger partial charge in [0.05, 0.1) is 17.7 Å². The molecule has 2 rings (SSSR count). The van der Waals surface area contributed by atoms with Crippen molar-refractivity contribution in [1.29, 1.82) is 5.26 Å². The number of aliphatic hydroxyl groups is 1. The average molecular weight is 272 g/mol. The van der Waals surface area contributed by atoms with E-state index in [2.05, 4.69) is 31.7 Å². The van der Waals surface area contributed by atoms with Crippen LogP contribution in [0.15, 0.2) is 18.2 Å². The standard InChI is InChI=1S/C17H24N2O/c1-12(20)15-6-5-13(10-18)9-16(15)19-8-7-14(11-19)17(2,3)4/h5-6,9,12,14,20H,7-8,11H2,1-4H3/t12-,14?/m0/s1. The maximum absolute atomic E-state index is 9.94. The van der Waals surface area contributed by atoms with E-state index in [9.17, 15) is 5.11 Å². The van der Waals surface area contributed by atoms with Gasteiger partial charge in [-0.2, -0.15) is 5.26 Å². The van der Waals surface area contributed by atoms with Crippen LogP contribution in [0.4, 0.5) is 5.69 Å². The highest BCUT2D eigenvalue weighted by atomic mass is 16.3. The summed E-state index contributed by atoms with van der Waals surface area (Å²) in [7, 11) is 0. The Balaban J connectivity index is 2.31. The van der Waals surface area contributed by atoms with Crippen molar-refractivity contribution >= 4 is 5.69 Å². The van der Waals surface area contributed by atoms with Crippen molar-refractivity contribution in [3.05, 3.63) is 29.3 Å². The van der Waals surface area contributed by atoms with Crippen LogP contribution in [0, 0.1) is 22.7 Å². The fourth-order valence-electron chi connectivity index (χ4n) is 2.93. The molecule has 1 heterocycles. The Bertz CT molecular complexity index is 523. The van der Waals surface area contributed by atoms with Crippen LogP contribution in [-0.4, -0.2) is 18.2 Å². The second-order valence-electron chi connectivity index (χ2n) is 6.86. The van der Waals surface area contributed by atoms with Gasteiger partial charge in [-0.1, -0.05) is 26.8 Å². The van der Waals surface area contributed by atoms with Gasteiger partial charge in [-0.3, -0.25) is 0 Å². The van der Waals surface area contributed by atoms with Crippen LogP contribution >= 0.6 is 0 Å². The van der Waals surface area contributed by atoms with Crippen LogP contribution in [0.3, 0.4) is 0 Å². The third-order valence-electron chi connectivity index (χ3n) is 4.36. The van der Waals surface area contributed by atoms with Crippen LogP contribution in [0.2, 0.25) is 0 Å². The predicted octanol–water partition coefficient (Wildman–Crippen LogP) is 3.48. The molecule has 1 saturated heterocycles. The smallest absolute Gasteiger partial charge is 0.0992 e. The van der Waals surface area contributed by atoms with E-state index in [1.165, 1.54) is 6.42 Å². The number of nitriles is 1. The minimum atomic E-state index is -0.508. The molecule has 1 unspecified atom stereocenters. The summed E-state index contributed by atoms with van der Waals surface area (Å²) in [6, 6.07) is 7.76. The van der Waals surface area contributed by atoms with Gasteiger partial charge in [-0.15, -0.1) is 0 Å². The molecule has 3 heteroatoms. The molecule has 0 radical (unpaired) electrons. The first kappa shape index (κ1) is 14.9. The topological polar surface area (TPSA) is 47.3 Å². The van der Waals surface area contributed by atoms with Crippen LogP contribution in [0.1, 0.15) is 51.3 Å². The number of hydrogen-bond acceptors (Lipinski definition) is 3. The van der Waals surface area contributed by atoms with Gasteiger partial charge < -0.3 is 10.0 Å². The predicted molar refractivity (Wildman–Crippen MR) is 81.6 cm³/mol. The molecule has 0 aliphatic carbocycles.